The van der Waals surface area contributed by atoms with Gasteiger partial charge in [-0.2, -0.15) is 0 Å². The number of hydrogen-bond donors (Lipinski definition) is 2. The SMILES string of the molecule is BrCc1ccc(CNc2ncnc3[nH]cnc23)cc1. The highest BCUT2D eigenvalue weighted by Crippen LogP contribution is 2.16. The van der Waals surface area contributed by atoms with Crippen LogP contribution >= 0.6 is 15.9 Å². The van der Waals surface area contributed by atoms with E-state index in [1.807, 2.05) is 0 Å². The van der Waals surface area contributed by atoms with Gasteiger partial charge in [0.15, 0.2) is 11.5 Å². The van der Waals surface area contributed by atoms with Gasteiger partial charge in [-0.05, 0) is 11.1 Å². The van der Waals surface area contributed by atoms with Crippen molar-refractivity contribution in [3.8, 4) is 0 Å². The summed E-state index contributed by atoms with van der Waals surface area (Å²) in [6.07, 6.45) is 3.14. The summed E-state index contributed by atoms with van der Waals surface area (Å²) < 4.78 is 0. The summed E-state index contributed by atoms with van der Waals surface area (Å²) in [5.41, 5.74) is 3.97. The minimum Gasteiger partial charge on any atom is -0.364 e. The van der Waals surface area contributed by atoms with Gasteiger partial charge in [-0.1, -0.05) is 40.2 Å². The van der Waals surface area contributed by atoms with Crippen molar-refractivity contribution in [2.45, 2.75) is 11.9 Å². The van der Waals surface area contributed by atoms with Crippen LogP contribution in [0.1, 0.15) is 11.1 Å². The smallest absolute Gasteiger partial charge is 0.162 e. The molecule has 3 rings (SSSR count). The van der Waals surface area contributed by atoms with Gasteiger partial charge in [0.2, 0.25) is 0 Å². The van der Waals surface area contributed by atoms with Crippen molar-refractivity contribution in [2.75, 3.05) is 5.32 Å². The molecule has 0 bridgehead atoms. The topological polar surface area (TPSA) is 66.5 Å². The maximum absolute atomic E-state index is 4.22. The Morgan fingerprint density at radius 1 is 1.05 bits per heavy atom. The van der Waals surface area contributed by atoms with E-state index in [9.17, 15) is 0 Å². The second kappa shape index (κ2) is 5.36. The van der Waals surface area contributed by atoms with Crippen LogP contribution in [0.3, 0.4) is 0 Å². The maximum Gasteiger partial charge on any atom is 0.162 e. The molecule has 5 nitrogen and oxygen atoms in total. The number of alkyl halides is 1. The molecule has 6 heteroatoms. The summed E-state index contributed by atoms with van der Waals surface area (Å²) in [6, 6.07) is 8.42. The third kappa shape index (κ3) is 2.58. The molecule has 0 aliphatic heterocycles. The van der Waals surface area contributed by atoms with Crippen molar-refractivity contribution < 1.29 is 0 Å². The summed E-state index contributed by atoms with van der Waals surface area (Å²) >= 11 is 3.44. The average Bonchev–Trinajstić information content (AvgIpc) is 2.94. The molecule has 19 heavy (non-hydrogen) atoms. The van der Waals surface area contributed by atoms with Gasteiger partial charge in [0.25, 0.3) is 0 Å². The second-order valence-electron chi connectivity index (χ2n) is 4.13. The number of benzene rings is 1. The van der Waals surface area contributed by atoms with E-state index in [1.165, 1.54) is 17.5 Å². The molecule has 0 atom stereocenters. The molecule has 0 saturated heterocycles. The highest BCUT2D eigenvalue weighted by molar-refractivity contribution is 9.08. The van der Waals surface area contributed by atoms with E-state index >= 15 is 0 Å². The fourth-order valence-corrected chi connectivity index (χ4v) is 2.20. The molecular weight excluding hydrogens is 306 g/mol. The first-order chi connectivity index (χ1) is 9.36. The van der Waals surface area contributed by atoms with Crippen molar-refractivity contribution in [3.63, 3.8) is 0 Å². The number of nitrogens with one attached hydrogen (secondary N) is 2. The summed E-state index contributed by atoms with van der Waals surface area (Å²) in [6.45, 7) is 0.710. The number of imidazole rings is 1. The molecule has 0 radical (unpaired) electrons. The van der Waals surface area contributed by atoms with Crippen LogP contribution in [0.15, 0.2) is 36.9 Å². The molecule has 0 spiro atoms. The van der Waals surface area contributed by atoms with Gasteiger partial charge < -0.3 is 10.3 Å². The molecule has 0 aliphatic rings. The van der Waals surface area contributed by atoms with Gasteiger partial charge in [-0.25, -0.2) is 15.0 Å². The van der Waals surface area contributed by atoms with Crippen molar-refractivity contribution in [1.29, 1.82) is 0 Å². The third-order valence-corrected chi connectivity index (χ3v) is 3.50. The lowest BCUT2D eigenvalue weighted by Gasteiger charge is -2.06. The second-order valence-corrected chi connectivity index (χ2v) is 4.69. The number of aromatic amines is 1. The Morgan fingerprint density at radius 2 is 1.84 bits per heavy atom. The Kier molecular flexibility index (Phi) is 3.41. The Morgan fingerprint density at radius 3 is 2.63 bits per heavy atom. The van der Waals surface area contributed by atoms with E-state index in [1.54, 1.807) is 6.33 Å². The Labute approximate surface area is 118 Å². The molecule has 1 aromatic carbocycles. The highest BCUT2D eigenvalue weighted by atomic mass is 79.9. The van der Waals surface area contributed by atoms with Gasteiger partial charge in [0, 0.05) is 11.9 Å². The number of rotatable bonds is 4. The molecule has 0 fully saturated rings. The van der Waals surface area contributed by atoms with Gasteiger partial charge in [0.1, 0.15) is 11.8 Å². The average molecular weight is 318 g/mol. The van der Waals surface area contributed by atoms with Crippen LogP contribution in [-0.4, -0.2) is 19.9 Å². The van der Waals surface area contributed by atoms with Gasteiger partial charge in [-0.15, -0.1) is 0 Å². The summed E-state index contributed by atoms with van der Waals surface area (Å²) in [4.78, 5) is 15.5. The lowest BCUT2D eigenvalue weighted by Crippen LogP contribution is -2.02. The Hall–Kier alpha value is -1.95. The molecule has 2 aromatic heterocycles. The normalized spacial score (nSPS) is 10.8. The van der Waals surface area contributed by atoms with E-state index in [0.29, 0.717) is 6.54 Å². The summed E-state index contributed by atoms with van der Waals surface area (Å²) in [5, 5.41) is 4.16. The van der Waals surface area contributed by atoms with E-state index < -0.39 is 0 Å². The third-order valence-electron chi connectivity index (χ3n) is 2.85. The number of halogens is 1. The molecule has 2 N–H and O–H groups in total. The molecule has 2 heterocycles. The van der Waals surface area contributed by atoms with E-state index in [4.69, 9.17) is 0 Å². The predicted molar refractivity (Wildman–Crippen MR) is 78.1 cm³/mol. The lowest BCUT2D eigenvalue weighted by atomic mass is 10.1. The number of nitrogens with zero attached hydrogens (tertiary/aromatic N) is 3. The van der Waals surface area contributed by atoms with Crippen molar-refractivity contribution in [1.82, 2.24) is 19.9 Å². The standard InChI is InChI=1S/C13H12BrN5/c14-5-9-1-3-10(4-2-9)6-15-12-11-13(17-7-16-11)19-8-18-12/h1-4,7-8H,5-6H2,(H2,15,16,17,18,19). The zero-order valence-corrected chi connectivity index (χ0v) is 11.7. The van der Waals surface area contributed by atoms with Crippen LogP contribution in [-0.2, 0) is 11.9 Å². The number of fused-ring (bicyclic) bond motifs is 1. The zero-order chi connectivity index (χ0) is 13.1. The van der Waals surface area contributed by atoms with Crippen molar-refractivity contribution >= 4 is 32.9 Å². The molecule has 0 saturated carbocycles. The van der Waals surface area contributed by atoms with Crippen LogP contribution in [0.4, 0.5) is 5.82 Å². The van der Waals surface area contributed by atoms with Crippen molar-refractivity contribution in [3.05, 3.63) is 48.0 Å². The maximum atomic E-state index is 4.22. The van der Waals surface area contributed by atoms with Crippen LogP contribution < -0.4 is 5.32 Å². The van der Waals surface area contributed by atoms with Gasteiger partial charge in [0.05, 0.1) is 6.33 Å². The fraction of sp³-hybridized carbons (Fsp3) is 0.154. The summed E-state index contributed by atoms with van der Waals surface area (Å²) in [5.74, 6) is 0.746. The molecule has 0 aliphatic carbocycles. The minimum absolute atomic E-state index is 0.710. The molecule has 96 valence electrons. The molecular formula is C13H12BrN5. The number of hydrogen-bond acceptors (Lipinski definition) is 4. The number of anilines is 1. The molecule has 0 unspecified atom stereocenters. The number of H-pyrrole nitrogens is 1. The zero-order valence-electron chi connectivity index (χ0n) is 10.1. The lowest BCUT2D eigenvalue weighted by molar-refractivity contribution is 1.09. The van der Waals surface area contributed by atoms with Gasteiger partial charge >= 0.3 is 0 Å². The van der Waals surface area contributed by atoms with Crippen LogP contribution in [0, 0.1) is 0 Å². The van der Waals surface area contributed by atoms with E-state index in [2.05, 4.69) is 65.4 Å². The first kappa shape index (κ1) is 12.1. The van der Waals surface area contributed by atoms with Crippen LogP contribution in [0.25, 0.3) is 11.2 Å². The first-order valence-electron chi connectivity index (χ1n) is 5.88. The monoisotopic (exact) mass is 317 g/mol. The van der Waals surface area contributed by atoms with Crippen LogP contribution in [0.2, 0.25) is 0 Å². The number of aromatic nitrogens is 4. The van der Waals surface area contributed by atoms with Gasteiger partial charge in [-0.3, -0.25) is 0 Å². The Balaban J connectivity index is 1.76. The largest absolute Gasteiger partial charge is 0.364 e. The summed E-state index contributed by atoms with van der Waals surface area (Å²) in [7, 11) is 0. The van der Waals surface area contributed by atoms with Crippen molar-refractivity contribution in [2.24, 2.45) is 0 Å². The molecule has 0 amide bonds. The first-order valence-corrected chi connectivity index (χ1v) is 7.00. The minimum atomic E-state index is 0.710. The van der Waals surface area contributed by atoms with Crippen LogP contribution in [0.5, 0.6) is 0 Å². The quantitative estimate of drug-likeness (QED) is 0.726. The van der Waals surface area contributed by atoms with E-state index in [-0.39, 0.29) is 0 Å². The highest BCUT2D eigenvalue weighted by Gasteiger charge is 2.05. The van der Waals surface area contributed by atoms with E-state index in [0.717, 1.165) is 22.3 Å². The predicted octanol–water partition coefficient (Wildman–Crippen LogP) is 2.86. The Bertz CT molecular complexity index is 677. The fourth-order valence-electron chi connectivity index (χ4n) is 1.83. The molecule has 3 aromatic rings.